The van der Waals surface area contributed by atoms with E-state index in [1.807, 2.05) is 30.5 Å². The summed E-state index contributed by atoms with van der Waals surface area (Å²) in [5.41, 5.74) is 3.08. The van der Waals surface area contributed by atoms with Gasteiger partial charge in [-0.15, -0.1) is 0 Å². The highest BCUT2D eigenvalue weighted by Gasteiger charge is 2.25. The van der Waals surface area contributed by atoms with Gasteiger partial charge in [0, 0.05) is 29.7 Å². The molecule has 4 aromatic rings. The van der Waals surface area contributed by atoms with Crippen LogP contribution in [0.4, 0.5) is 10.1 Å². The number of hydrogen-bond donors (Lipinski definition) is 1. The van der Waals surface area contributed by atoms with Crippen LogP contribution in [0.25, 0.3) is 22.6 Å². The van der Waals surface area contributed by atoms with Gasteiger partial charge in [-0.25, -0.2) is 9.37 Å². The zero-order valence-corrected chi connectivity index (χ0v) is 18.1. The molecule has 3 heterocycles. The summed E-state index contributed by atoms with van der Waals surface area (Å²) in [5, 5.41) is 6.88. The summed E-state index contributed by atoms with van der Waals surface area (Å²) < 4.78 is 21.9. The number of aryl methyl sites for hydroxylation is 2. The third kappa shape index (κ3) is 3.58. The number of anilines is 1. The number of halogens is 2. The summed E-state index contributed by atoms with van der Waals surface area (Å²) in [6, 6.07) is 11.8. The molecule has 5 rings (SSSR count). The zero-order valence-electron chi connectivity index (χ0n) is 17.4. The minimum absolute atomic E-state index is 0.0376. The van der Waals surface area contributed by atoms with Crippen LogP contribution in [-0.2, 0) is 13.0 Å². The summed E-state index contributed by atoms with van der Waals surface area (Å²) >= 11 is 6.17. The third-order valence-corrected chi connectivity index (χ3v) is 6.01. The van der Waals surface area contributed by atoms with Gasteiger partial charge in [-0.2, -0.15) is 0 Å². The first-order valence-electron chi connectivity index (χ1n) is 10.4. The first-order chi connectivity index (χ1) is 15.5. The van der Waals surface area contributed by atoms with E-state index in [1.54, 1.807) is 13.0 Å². The van der Waals surface area contributed by atoms with E-state index in [4.69, 9.17) is 16.1 Å². The largest absolute Gasteiger partial charge is 0.360 e. The molecule has 0 radical (unpaired) electrons. The van der Waals surface area contributed by atoms with Crippen molar-refractivity contribution in [1.29, 1.82) is 0 Å². The van der Waals surface area contributed by atoms with E-state index in [0.717, 1.165) is 30.8 Å². The van der Waals surface area contributed by atoms with Crippen LogP contribution in [0.15, 0.2) is 53.2 Å². The van der Waals surface area contributed by atoms with Crippen LogP contribution in [0.1, 0.15) is 34.7 Å². The molecule has 2 aromatic heterocycles. The highest BCUT2D eigenvalue weighted by Crippen LogP contribution is 2.34. The lowest BCUT2D eigenvalue weighted by Gasteiger charge is -2.16. The van der Waals surface area contributed by atoms with E-state index >= 15 is 0 Å². The maximum atomic E-state index is 14.4. The molecule has 1 amide bonds. The Balaban J connectivity index is 1.41. The Hall–Kier alpha value is -3.45. The normalized spacial score (nSPS) is 13.1. The summed E-state index contributed by atoms with van der Waals surface area (Å²) in [6.07, 6.45) is 5.33. The van der Waals surface area contributed by atoms with Gasteiger partial charge in [0.15, 0.2) is 0 Å². The molecule has 0 saturated carbocycles. The predicted octanol–water partition coefficient (Wildman–Crippen LogP) is 5.89. The third-order valence-electron chi connectivity index (χ3n) is 5.69. The summed E-state index contributed by atoms with van der Waals surface area (Å²) in [5.74, 6) is 0.178. The fourth-order valence-electron chi connectivity index (χ4n) is 4.10. The number of imidazole rings is 1. The van der Waals surface area contributed by atoms with Gasteiger partial charge in [0.25, 0.3) is 5.91 Å². The maximum Gasteiger partial charge on any atom is 0.261 e. The number of carbonyl (C=O) groups is 1. The second-order valence-electron chi connectivity index (χ2n) is 7.77. The van der Waals surface area contributed by atoms with Crippen LogP contribution < -0.4 is 5.32 Å². The maximum absolute atomic E-state index is 14.4. The second kappa shape index (κ2) is 8.24. The molecule has 0 unspecified atom stereocenters. The molecule has 1 aliphatic rings. The van der Waals surface area contributed by atoms with Crippen LogP contribution in [0.3, 0.4) is 0 Å². The molecule has 162 valence electrons. The monoisotopic (exact) mass is 450 g/mol. The van der Waals surface area contributed by atoms with E-state index in [0.29, 0.717) is 5.69 Å². The van der Waals surface area contributed by atoms with Crippen LogP contribution in [0.5, 0.6) is 0 Å². The lowest BCUT2D eigenvalue weighted by Crippen LogP contribution is -2.14. The van der Waals surface area contributed by atoms with Gasteiger partial charge in [0.1, 0.15) is 28.7 Å². The average Bonchev–Trinajstić information content (AvgIpc) is 3.38. The van der Waals surface area contributed by atoms with Crippen LogP contribution in [0, 0.1) is 12.7 Å². The van der Waals surface area contributed by atoms with Crippen LogP contribution in [0.2, 0.25) is 5.02 Å². The first-order valence-corrected chi connectivity index (χ1v) is 10.8. The highest BCUT2D eigenvalue weighted by molar-refractivity contribution is 6.33. The Morgan fingerprint density at radius 3 is 2.78 bits per heavy atom. The van der Waals surface area contributed by atoms with Crippen molar-refractivity contribution in [2.75, 3.05) is 5.32 Å². The number of rotatable bonds is 4. The number of benzene rings is 2. The number of nitrogens with one attached hydrogen (secondary N) is 1. The average molecular weight is 451 g/mol. The number of carbonyl (C=O) groups excluding carboxylic acids is 1. The van der Waals surface area contributed by atoms with Crippen molar-refractivity contribution < 1.29 is 13.7 Å². The topological polar surface area (TPSA) is 73.0 Å². The molecule has 2 aromatic carbocycles. The molecule has 0 bridgehead atoms. The molecule has 1 N–H and O–H groups in total. The van der Waals surface area contributed by atoms with Crippen LogP contribution >= 0.6 is 11.6 Å². The molecule has 0 saturated heterocycles. The quantitative estimate of drug-likeness (QED) is 0.420. The second-order valence-corrected chi connectivity index (χ2v) is 8.18. The fourth-order valence-corrected chi connectivity index (χ4v) is 4.35. The number of hydrogen-bond acceptors (Lipinski definition) is 4. The highest BCUT2D eigenvalue weighted by atomic mass is 35.5. The molecule has 1 aliphatic heterocycles. The number of fused-ring (bicyclic) bond motifs is 1. The number of nitrogens with zero attached hydrogens (tertiary/aromatic N) is 3. The minimum Gasteiger partial charge on any atom is -0.360 e. The first kappa shape index (κ1) is 20.5. The predicted molar refractivity (Wildman–Crippen MR) is 120 cm³/mol. The summed E-state index contributed by atoms with van der Waals surface area (Å²) in [4.78, 5) is 17.6. The minimum atomic E-state index is -0.577. The van der Waals surface area contributed by atoms with Crippen molar-refractivity contribution in [3.8, 4) is 22.6 Å². The Bertz CT molecular complexity index is 1290. The van der Waals surface area contributed by atoms with Gasteiger partial charge in [-0.1, -0.05) is 22.8 Å². The number of amides is 1. The van der Waals surface area contributed by atoms with Crippen molar-refractivity contribution in [2.24, 2.45) is 0 Å². The number of aromatic nitrogens is 3. The van der Waals surface area contributed by atoms with Gasteiger partial charge < -0.3 is 14.4 Å². The molecule has 0 spiro atoms. The molecular weight excluding hydrogens is 431 g/mol. The smallest absolute Gasteiger partial charge is 0.261 e. The lowest BCUT2D eigenvalue weighted by molar-refractivity contribution is 0.102. The van der Waals surface area contributed by atoms with Gasteiger partial charge in [0.2, 0.25) is 0 Å². The van der Waals surface area contributed by atoms with Crippen molar-refractivity contribution >= 4 is 23.2 Å². The Morgan fingerprint density at radius 2 is 2.00 bits per heavy atom. The molecule has 32 heavy (non-hydrogen) atoms. The Labute approximate surface area is 189 Å². The molecular formula is C24H20ClFN4O2. The zero-order chi connectivity index (χ0) is 22.2. The Morgan fingerprint density at radius 1 is 1.19 bits per heavy atom. The standard InChI is InChI=1S/C24H20ClFN4O2/c1-14-20(22(29-32-14)21-18(25)6-4-7-19(21)26)24(31)28-16-10-8-15(9-11-16)23-27-13-17-5-2-3-12-30(17)23/h4,6-11,13H,2-3,5,12H2,1H3,(H,28,31). The van der Waals surface area contributed by atoms with Gasteiger partial charge in [-0.05, 0) is 62.6 Å². The summed E-state index contributed by atoms with van der Waals surface area (Å²) in [6.45, 7) is 2.57. The molecule has 0 fully saturated rings. The summed E-state index contributed by atoms with van der Waals surface area (Å²) in [7, 11) is 0. The Kier molecular flexibility index (Phi) is 5.27. The van der Waals surface area contributed by atoms with E-state index in [9.17, 15) is 9.18 Å². The van der Waals surface area contributed by atoms with Gasteiger partial charge in [-0.3, -0.25) is 4.79 Å². The molecule has 6 nitrogen and oxygen atoms in total. The van der Waals surface area contributed by atoms with Crippen molar-refractivity contribution in [3.05, 3.63) is 76.5 Å². The van der Waals surface area contributed by atoms with Crippen molar-refractivity contribution in [3.63, 3.8) is 0 Å². The van der Waals surface area contributed by atoms with E-state index in [2.05, 4.69) is 20.0 Å². The van der Waals surface area contributed by atoms with Crippen molar-refractivity contribution in [1.82, 2.24) is 14.7 Å². The molecule has 0 aliphatic carbocycles. The van der Waals surface area contributed by atoms with E-state index in [-0.39, 0.29) is 27.6 Å². The SMILES string of the molecule is Cc1onc(-c2c(F)cccc2Cl)c1C(=O)Nc1ccc(-c2ncc3n2CCCC3)cc1. The molecule has 0 atom stereocenters. The fraction of sp³-hybridized carbons (Fsp3) is 0.208. The molecule has 8 heteroatoms. The van der Waals surface area contributed by atoms with Gasteiger partial charge in [0.05, 0.1) is 10.6 Å². The van der Waals surface area contributed by atoms with E-state index in [1.165, 1.54) is 24.2 Å². The van der Waals surface area contributed by atoms with Gasteiger partial charge >= 0.3 is 0 Å². The lowest BCUT2D eigenvalue weighted by atomic mass is 10.0. The van der Waals surface area contributed by atoms with Crippen LogP contribution in [-0.4, -0.2) is 20.6 Å². The van der Waals surface area contributed by atoms with E-state index < -0.39 is 11.7 Å². The van der Waals surface area contributed by atoms with Crippen molar-refractivity contribution in [2.45, 2.75) is 32.7 Å².